The Labute approximate surface area is 169 Å². The first kappa shape index (κ1) is 20.7. The van der Waals surface area contributed by atoms with Gasteiger partial charge in [-0.05, 0) is 49.2 Å². The van der Waals surface area contributed by atoms with Crippen LogP contribution in [-0.4, -0.2) is 36.1 Å². The molecule has 0 radical (unpaired) electrons. The van der Waals surface area contributed by atoms with E-state index in [1.807, 2.05) is 0 Å². The van der Waals surface area contributed by atoms with E-state index in [0.29, 0.717) is 25.2 Å². The predicted octanol–water partition coefficient (Wildman–Crippen LogP) is 3.66. The molecular weight excluding hydrogens is 399 g/mol. The van der Waals surface area contributed by atoms with Gasteiger partial charge in [-0.1, -0.05) is 30.0 Å². The van der Waals surface area contributed by atoms with Gasteiger partial charge in [0.1, 0.15) is 18.2 Å². The van der Waals surface area contributed by atoms with Crippen LogP contribution in [0.5, 0.6) is 5.75 Å². The van der Waals surface area contributed by atoms with Crippen LogP contribution < -0.4 is 4.74 Å². The molecule has 0 amide bonds. The molecule has 0 aliphatic carbocycles. The van der Waals surface area contributed by atoms with Crippen molar-refractivity contribution < 1.29 is 22.7 Å². The standard InChI is InChI=1S/C21H21FO4S2/c22-17-8-10-18(11-9-17)26-16-19-12-14-21(27-19,13-4-5-15-23)28(24,25)20-6-2-1-3-7-20/h1-3,6-11,19,23H,5,12,14-16H2. The average molecular weight is 421 g/mol. The maximum atomic E-state index is 13.3. The fourth-order valence-electron chi connectivity index (χ4n) is 2.98. The van der Waals surface area contributed by atoms with E-state index >= 15 is 0 Å². The van der Waals surface area contributed by atoms with E-state index in [4.69, 9.17) is 9.84 Å². The van der Waals surface area contributed by atoms with Crippen LogP contribution in [0.1, 0.15) is 19.3 Å². The number of thioether (sulfide) groups is 1. The Kier molecular flexibility index (Phi) is 6.65. The first-order valence-corrected chi connectivity index (χ1v) is 11.3. The zero-order valence-corrected chi connectivity index (χ0v) is 16.8. The fraction of sp³-hybridized carbons (Fsp3) is 0.333. The number of halogens is 1. The summed E-state index contributed by atoms with van der Waals surface area (Å²) in [6.45, 7) is 0.195. The van der Waals surface area contributed by atoms with Gasteiger partial charge in [-0.2, -0.15) is 0 Å². The van der Waals surface area contributed by atoms with Crippen molar-refractivity contribution in [3.8, 4) is 17.6 Å². The van der Waals surface area contributed by atoms with Gasteiger partial charge in [-0.3, -0.25) is 0 Å². The van der Waals surface area contributed by atoms with Gasteiger partial charge >= 0.3 is 0 Å². The van der Waals surface area contributed by atoms with Crippen molar-refractivity contribution in [3.63, 3.8) is 0 Å². The molecule has 1 fully saturated rings. The van der Waals surface area contributed by atoms with Gasteiger partial charge in [0.25, 0.3) is 0 Å². The highest BCUT2D eigenvalue weighted by molar-refractivity contribution is 8.15. The molecule has 1 aliphatic heterocycles. The molecule has 0 aromatic heterocycles. The number of hydrogen-bond acceptors (Lipinski definition) is 5. The lowest BCUT2D eigenvalue weighted by Gasteiger charge is -2.23. The molecule has 0 bridgehead atoms. The van der Waals surface area contributed by atoms with Gasteiger partial charge in [0.2, 0.25) is 9.84 Å². The molecule has 2 unspecified atom stereocenters. The second kappa shape index (κ2) is 8.99. The van der Waals surface area contributed by atoms with Crippen molar-refractivity contribution in [2.75, 3.05) is 13.2 Å². The third kappa shape index (κ3) is 4.52. The lowest BCUT2D eigenvalue weighted by atomic mass is 10.2. The minimum atomic E-state index is -3.70. The second-order valence-corrected chi connectivity index (χ2v) is 10.4. The van der Waals surface area contributed by atoms with Gasteiger partial charge in [0.05, 0.1) is 11.5 Å². The summed E-state index contributed by atoms with van der Waals surface area (Å²) in [4.78, 5) is 0.237. The van der Waals surface area contributed by atoms with Gasteiger partial charge in [-0.15, -0.1) is 11.8 Å². The zero-order valence-electron chi connectivity index (χ0n) is 15.2. The second-order valence-electron chi connectivity index (χ2n) is 6.39. The summed E-state index contributed by atoms with van der Waals surface area (Å²) in [6.07, 6.45) is 1.24. The van der Waals surface area contributed by atoms with E-state index in [-0.39, 0.29) is 29.0 Å². The summed E-state index contributed by atoms with van der Waals surface area (Å²) >= 11 is 1.29. The van der Waals surface area contributed by atoms with Crippen molar-refractivity contribution in [2.24, 2.45) is 0 Å². The van der Waals surface area contributed by atoms with Crippen molar-refractivity contribution in [1.82, 2.24) is 0 Å². The molecule has 1 heterocycles. The number of hydrogen-bond donors (Lipinski definition) is 1. The van der Waals surface area contributed by atoms with E-state index in [0.717, 1.165) is 0 Å². The maximum Gasteiger partial charge on any atom is 0.204 e. The smallest absolute Gasteiger partial charge is 0.204 e. The van der Waals surface area contributed by atoms with E-state index < -0.39 is 13.9 Å². The number of sulfone groups is 1. The average Bonchev–Trinajstić information content (AvgIpc) is 3.14. The molecule has 0 spiro atoms. The largest absolute Gasteiger partial charge is 0.492 e. The topological polar surface area (TPSA) is 63.6 Å². The van der Waals surface area contributed by atoms with Gasteiger partial charge in [-0.25, -0.2) is 12.8 Å². The third-order valence-electron chi connectivity index (χ3n) is 4.41. The monoisotopic (exact) mass is 420 g/mol. The fourth-order valence-corrected chi connectivity index (χ4v) is 6.95. The summed E-state index contributed by atoms with van der Waals surface area (Å²) < 4.78 is 44.1. The van der Waals surface area contributed by atoms with Crippen molar-refractivity contribution in [1.29, 1.82) is 0 Å². The first-order chi connectivity index (χ1) is 13.5. The number of rotatable bonds is 6. The SMILES string of the molecule is O=S(=O)(c1ccccc1)C1(C#CCCO)CCC(COc2ccc(F)cc2)S1. The van der Waals surface area contributed by atoms with E-state index in [1.165, 1.54) is 23.9 Å². The van der Waals surface area contributed by atoms with Gasteiger partial charge < -0.3 is 9.84 Å². The molecular formula is C21H21FO4S2. The Morgan fingerprint density at radius 1 is 1.18 bits per heavy atom. The summed E-state index contributed by atoms with van der Waals surface area (Å²) in [5.41, 5.74) is 0. The molecule has 4 nitrogen and oxygen atoms in total. The number of aliphatic hydroxyl groups excluding tert-OH is 1. The van der Waals surface area contributed by atoms with Crippen LogP contribution >= 0.6 is 11.8 Å². The molecule has 1 saturated heterocycles. The molecule has 3 rings (SSSR count). The number of ether oxygens (including phenoxy) is 1. The Bertz CT molecular complexity index is 949. The number of benzene rings is 2. The third-order valence-corrected chi connectivity index (χ3v) is 8.81. The first-order valence-electron chi connectivity index (χ1n) is 8.94. The normalized spacial score (nSPS) is 21.7. The van der Waals surface area contributed by atoms with Crippen LogP contribution in [0.2, 0.25) is 0 Å². The van der Waals surface area contributed by atoms with Crippen LogP contribution in [-0.2, 0) is 9.84 Å². The minimum absolute atomic E-state index is 0.0630. The van der Waals surface area contributed by atoms with E-state index in [2.05, 4.69) is 11.8 Å². The summed E-state index contributed by atoms with van der Waals surface area (Å²) in [6, 6.07) is 14.0. The van der Waals surface area contributed by atoms with Crippen molar-refractivity contribution >= 4 is 21.6 Å². The molecule has 28 heavy (non-hydrogen) atoms. The lowest BCUT2D eigenvalue weighted by Crippen LogP contribution is -2.31. The number of aliphatic hydroxyl groups is 1. The van der Waals surface area contributed by atoms with Crippen LogP contribution in [0, 0.1) is 17.7 Å². The van der Waals surface area contributed by atoms with Crippen LogP contribution in [0.25, 0.3) is 0 Å². The Balaban J connectivity index is 1.80. The molecule has 1 aliphatic rings. The molecule has 2 aromatic rings. The van der Waals surface area contributed by atoms with Gasteiger partial charge in [0, 0.05) is 11.7 Å². The molecule has 7 heteroatoms. The quantitative estimate of drug-likeness (QED) is 0.723. The highest BCUT2D eigenvalue weighted by Crippen LogP contribution is 2.49. The molecule has 0 saturated carbocycles. The van der Waals surface area contributed by atoms with Crippen molar-refractivity contribution in [2.45, 2.75) is 33.5 Å². The highest BCUT2D eigenvalue weighted by Gasteiger charge is 2.50. The maximum absolute atomic E-state index is 13.3. The van der Waals surface area contributed by atoms with Crippen molar-refractivity contribution in [3.05, 3.63) is 60.4 Å². The highest BCUT2D eigenvalue weighted by atomic mass is 32.3. The minimum Gasteiger partial charge on any atom is -0.492 e. The van der Waals surface area contributed by atoms with Crippen LogP contribution in [0.15, 0.2) is 59.5 Å². The Morgan fingerprint density at radius 3 is 2.57 bits per heavy atom. The summed E-state index contributed by atoms with van der Waals surface area (Å²) in [5, 5.41) is 8.96. The predicted molar refractivity (Wildman–Crippen MR) is 108 cm³/mol. The van der Waals surface area contributed by atoms with E-state index in [1.54, 1.807) is 42.5 Å². The Morgan fingerprint density at radius 2 is 1.89 bits per heavy atom. The zero-order chi connectivity index (χ0) is 20.0. The molecule has 1 N–H and O–H groups in total. The van der Waals surface area contributed by atoms with Crippen LogP contribution in [0.4, 0.5) is 4.39 Å². The molecule has 2 aromatic carbocycles. The summed E-state index contributed by atoms with van der Waals surface area (Å²) in [7, 11) is -3.70. The van der Waals surface area contributed by atoms with Gasteiger partial charge in [0.15, 0.2) is 4.08 Å². The lowest BCUT2D eigenvalue weighted by molar-refractivity contribution is 0.305. The van der Waals surface area contributed by atoms with Crippen LogP contribution in [0.3, 0.4) is 0 Å². The Hall–Kier alpha value is -2.01. The summed E-state index contributed by atoms with van der Waals surface area (Å²) in [5.74, 6) is 5.94. The van der Waals surface area contributed by atoms with E-state index in [9.17, 15) is 12.8 Å². The molecule has 2 atom stereocenters. The molecule has 148 valence electrons.